The van der Waals surface area contributed by atoms with Crippen molar-refractivity contribution in [3.63, 3.8) is 0 Å². The molecular weight excluding hydrogens is 268 g/mol. The largest absolute Gasteiger partial charge is 0.368 e. The second-order valence-corrected chi connectivity index (χ2v) is 4.32. The van der Waals surface area contributed by atoms with E-state index in [0.29, 0.717) is 18.4 Å². The summed E-state index contributed by atoms with van der Waals surface area (Å²) in [5.41, 5.74) is 6.92. The number of hydrogen-bond acceptors (Lipinski definition) is 7. The van der Waals surface area contributed by atoms with Gasteiger partial charge in [-0.15, -0.1) is 0 Å². The second-order valence-electron chi connectivity index (χ2n) is 4.32. The molecule has 0 saturated carbocycles. The Bertz CT molecular complexity index is 695. The van der Waals surface area contributed by atoms with Crippen molar-refractivity contribution in [2.75, 3.05) is 17.6 Å². The minimum absolute atomic E-state index is 0.137. The summed E-state index contributed by atoms with van der Waals surface area (Å²) in [4.78, 5) is 16.2. The lowest BCUT2D eigenvalue weighted by molar-refractivity contribution is 0.796. The third kappa shape index (κ3) is 3.30. The molecule has 0 aliphatic heterocycles. The van der Waals surface area contributed by atoms with Gasteiger partial charge in [0.15, 0.2) is 0 Å². The summed E-state index contributed by atoms with van der Waals surface area (Å²) in [5.74, 6) is 0.892. The van der Waals surface area contributed by atoms with Gasteiger partial charge >= 0.3 is 0 Å². The Morgan fingerprint density at radius 2 is 1.95 bits per heavy atom. The van der Waals surface area contributed by atoms with E-state index in [9.17, 15) is 0 Å². The van der Waals surface area contributed by atoms with E-state index in [4.69, 9.17) is 5.73 Å². The van der Waals surface area contributed by atoms with Crippen LogP contribution in [0.2, 0.25) is 0 Å². The highest BCUT2D eigenvalue weighted by Gasteiger charge is 2.06. The molecule has 8 heteroatoms. The number of hydrogen-bond donors (Lipinski definition) is 2. The molecule has 0 amide bonds. The minimum Gasteiger partial charge on any atom is -0.368 e. The van der Waals surface area contributed by atoms with Gasteiger partial charge in [0.1, 0.15) is 12.7 Å². The van der Waals surface area contributed by atoms with Crippen LogP contribution in [0, 0.1) is 0 Å². The van der Waals surface area contributed by atoms with E-state index in [1.54, 1.807) is 0 Å². The number of nitrogens with two attached hydrogens (primary N) is 1. The van der Waals surface area contributed by atoms with Crippen molar-refractivity contribution >= 4 is 11.9 Å². The lowest BCUT2D eigenvalue weighted by Crippen LogP contribution is -2.13. The number of nitrogen functional groups attached to an aromatic ring is 1. The molecule has 2 aromatic heterocycles. The molecule has 0 radical (unpaired) electrons. The van der Waals surface area contributed by atoms with E-state index >= 15 is 0 Å². The van der Waals surface area contributed by atoms with Crippen LogP contribution >= 0.6 is 0 Å². The Morgan fingerprint density at radius 3 is 2.71 bits per heavy atom. The molecule has 0 aliphatic carbocycles. The molecule has 1 aromatic carbocycles. The number of nitrogens with zero attached hydrogens (tertiary/aromatic N) is 6. The normalized spacial score (nSPS) is 10.5. The number of anilines is 2. The summed E-state index contributed by atoms with van der Waals surface area (Å²) in [6.45, 7) is 0.699. The van der Waals surface area contributed by atoms with Crippen LogP contribution in [-0.2, 0) is 6.42 Å². The molecule has 0 saturated heterocycles. The summed E-state index contributed by atoms with van der Waals surface area (Å²) < 4.78 is 1.43. The van der Waals surface area contributed by atoms with E-state index in [1.165, 1.54) is 22.9 Å². The van der Waals surface area contributed by atoms with E-state index in [2.05, 4.69) is 42.5 Å². The maximum atomic E-state index is 5.68. The van der Waals surface area contributed by atoms with Gasteiger partial charge in [-0.2, -0.15) is 24.7 Å². The van der Waals surface area contributed by atoms with Gasteiger partial charge in [0, 0.05) is 6.54 Å². The molecule has 0 unspecified atom stereocenters. The topological polar surface area (TPSA) is 107 Å². The molecule has 0 bridgehead atoms. The van der Waals surface area contributed by atoms with Gasteiger partial charge in [0.2, 0.25) is 11.9 Å². The summed E-state index contributed by atoms with van der Waals surface area (Å²) in [6.07, 6.45) is 3.77. The monoisotopic (exact) mass is 282 g/mol. The van der Waals surface area contributed by atoms with Gasteiger partial charge in [0.25, 0.3) is 5.95 Å². The summed E-state index contributed by atoms with van der Waals surface area (Å²) in [5, 5.41) is 7.10. The Hall–Kier alpha value is -3.03. The van der Waals surface area contributed by atoms with Crippen LogP contribution in [0.4, 0.5) is 11.9 Å². The van der Waals surface area contributed by atoms with Crippen LogP contribution in [0.15, 0.2) is 43.0 Å². The lowest BCUT2D eigenvalue weighted by Gasteiger charge is -2.07. The molecule has 3 rings (SSSR count). The molecular formula is C13H14N8. The van der Waals surface area contributed by atoms with Crippen LogP contribution in [0.5, 0.6) is 0 Å². The predicted molar refractivity (Wildman–Crippen MR) is 77.8 cm³/mol. The summed E-state index contributed by atoms with van der Waals surface area (Å²) in [6, 6.07) is 10.2. The molecule has 0 aliphatic rings. The number of nitrogens with one attached hydrogen (secondary N) is 1. The van der Waals surface area contributed by atoms with Crippen molar-refractivity contribution in [1.82, 2.24) is 29.7 Å². The maximum absolute atomic E-state index is 5.68. The maximum Gasteiger partial charge on any atom is 0.258 e. The predicted octanol–water partition coefficient (Wildman–Crippen LogP) is 0.689. The van der Waals surface area contributed by atoms with Gasteiger partial charge in [-0.1, -0.05) is 30.3 Å². The van der Waals surface area contributed by atoms with Crippen molar-refractivity contribution in [1.29, 1.82) is 0 Å². The fourth-order valence-corrected chi connectivity index (χ4v) is 1.84. The lowest BCUT2D eigenvalue weighted by atomic mass is 10.1. The highest BCUT2D eigenvalue weighted by molar-refractivity contribution is 5.34. The van der Waals surface area contributed by atoms with E-state index < -0.39 is 0 Å². The van der Waals surface area contributed by atoms with Crippen molar-refractivity contribution in [2.24, 2.45) is 0 Å². The zero-order valence-corrected chi connectivity index (χ0v) is 11.2. The zero-order chi connectivity index (χ0) is 14.5. The Morgan fingerprint density at radius 1 is 1.10 bits per heavy atom. The van der Waals surface area contributed by atoms with E-state index in [1.807, 2.05) is 18.2 Å². The fraction of sp³-hybridized carbons (Fsp3) is 0.154. The van der Waals surface area contributed by atoms with E-state index in [0.717, 1.165) is 6.42 Å². The third-order valence-electron chi connectivity index (χ3n) is 2.80. The van der Waals surface area contributed by atoms with Crippen molar-refractivity contribution in [3.8, 4) is 5.95 Å². The fourth-order valence-electron chi connectivity index (χ4n) is 1.84. The Kier molecular flexibility index (Phi) is 3.68. The van der Waals surface area contributed by atoms with Crippen molar-refractivity contribution in [2.45, 2.75) is 6.42 Å². The first-order valence-corrected chi connectivity index (χ1v) is 6.45. The first-order valence-electron chi connectivity index (χ1n) is 6.45. The van der Waals surface area contributed by atoms with Crippen molar-refractivity contribution < 1.29 is 0 Å². The number of rotatable bonds is 5. The standard InChI is InChI=1S/C13H14N8/c14-11-18-12(16-7-6-10-4-2-1-3-5-10)20-13(19-11)21-9-15-8-17-21/h1-5,8-9H,6-7H2,(H3,14,16,18,19,20). The van der Waals surface area contributed by atoms with Gasteiger partial charge in [-0.3, -0.25) is 0 Å². The molecule has 3 aromatic rings. The molecule has 3 N–H and O–H groups in total. The van der Waals surface area contributed by atoms with Crippen LogP contribution in [-0.4, -0.2) is 36.3 Å². The van der Waals surface area contributed by atoms with E-state index in [-0.39, 0.29) is 5.95 Å². The number of aromatic nitrogens is 6. The van der Waals surface area contributed by atoms with Crippen molar-refractivity contribution in [3.05, 3.63) is 48.5 Å². The zero-order valence-electron chi connectivity index (χ0n) is 11.2. The molecule has 21 heavy (non-hydrogen) atoms. The molecule has 2 heterocycles. The highest BCUT2D eigenvalue weighted by Crippen LogP contribution is 2.06. The molecule has 0 fully saturated rings. The average Bonchev–Trinajstić information content (AvgIpc) is 3.02. The summed E-state index contributed by atoms with van der Waals surface area (Å²) in [7, 11) is 0. The SMILES string of the molecule is Nc1nc(NCCc2ccccc2)nc(-n2cncn2)n1. The first kappa shape index (κ1) is 13.0. The smallest absolute Gasteiger partial charge is 0.258 e. The summed E-state index contributed by atoms with van der Waals surface area (Å²) >= 11 is 0. The highest BCUT2D eigenvalue weighted by atomic mass is 15.4. The van der Waals surface area contributed by atoms with Gasteiger partial charge in [0.05, 0.1) is 0 Å². The first-order chi connectivity index (χ1) is 10.3. The number of benzene rings is 1. The average molecular weight is 282 g/mol. The third-order valence-corrected chi connectivity index (χ3v) is 2.80. The van der Waals surface area contributed by atoms with Crippen LogP contribution in [0.1, 0.15) is 5.56 Å². The second kappa shape index (κ2) is 5.95. The van der Waals surface area contributed by atoms with Gasteiger partial charge in [-0.25, -0.2) is 4.98 Å². The quantitative estimate of drug-likeness (QED) is 0.708. The Labute approximate surface area is 121 Å². The molecule has 0 atom stereocenters. The van der Waals surface area contributed by atoms with Crippen LogP contribution in [0.3, 0.4) is 0 Å². The van der Waals surface area contributed by atoms with Crippen LogP contribution < -0.4 is 11.1 Å². The van der Waals surface area contributed by atoms with Gasteiger partial charge < -0.3 is 11.1 Å². The molecule has 106 valence electrons. The molecule has 0 spiro atoms. The molecule has 8 nitrogen and oxygen atoms in total. The van der Waals surface area contributed by atoms with Crippen LogP contribution in [0.25, 0.3) is 5.95 Å². The minimum atomic E-state index is 0.137. The van der Waals surface area contributed by atoms with Gasteiger partial charge in [-0.05, 0) is 12.0 Å². The Balaban J connectivity index is 1.68.